The van der Waals surface area contributed by atoms with Crippen LogP contribution in [0.25, 0.3) is 0 Å². The zero-order chi connectivity index (χ0) is 17.4. The maximum Gasteiger partial charge on any atom is 0.254 e. The Bertz CT molecular complexity index is 796. The topological polar surface area (TPSA) is 58.6 Å². The number of rotatable bonds is 3. The van der Waals surface area contributed by atoms with Crippen molar-refractivity contribution in [2.75, 3.05) is 19.7 Å². The number of amides is 2. The monoisotopic (exact) mass is 404 g/mol. The number of ether oxygens (including phenoxy) is 1. The summed E-state index contributed by atoms with van der Waals surface area (Å²) in [7, 11) is 0. The van der Waals surface area contributed by atoms with Crippen LogP contribution in [-0.2, 0) is 14.9 Å². The van der Waals surface area contributed by atoms with Crippen molar-refractivity contribution in [2.45, 2.75) is 49.2 Å². The van der Waals surface area contributed by atoms with E-state index in [4.69, 9.17) is 4.74 Å². The van der Waals surface area contributed by atoms with E-state index in [9.17, 15) is 9.59 Å². The van der Waals surface area contributed by atoms with Crippen LogP contribution in [0.15, 0.2) is 22.7 Å². The molecule has 1 N–H and O–H groups in total. The molecule has 1 aromatic rings. The normalized spacial score (nSPS) is 33.8. The van der Waals surface area contributed by atoms with Gasteiger partial charge in [-0.3, -0.25) is 9.59 Å². The summed E-state index contributed by atoms with van der Waals surface area (Å²) < 4.78 is 6.74. The molecule has 3 aliphatic heterocycles. The fourth-order valence-corrected chi connectivity index (χ4v) is 5.43. The molecule has 6 rings (SSSR count). The Hall–Kier alpha value is -1.40. The largest absolute Gasteiger partial charge is 0.373 e. The van der Waals surface area contributed by atoms with E-state index in [2.05, 4.69) is 34.2 Å². The van der Waals surface area contributed by atoms with E-state index in [1.54, 1.807) is 4.90 Å². The summed E-state index contributed by atoms with van der Waals surface area (Å²) in [5, 5.41) is 3.13. The summed E-state index contributed by atoms with van der Waals surface area (Å²) in [4.78, 5) is 27.2. The number of nitrogens with zero attached hydrogens (tertiary/aromatic N) is 1. The van der Waals surface area contributed by atoms with E-state index in [-0.39, 0.29) is 34.9 Å². The Morgan fingerprint density at radius 1 is 1.36 bits per heavy atom. The molecule has 3 heterocycles. The lowest BCUT2D eigenvalue weighted by Crippen LogP contribution is -2.60. The summed E-state index contributed by atoms with van der Waals surface area (Å²) in [6, 6.07) is 5.86. The first-order valence-electron chi connectivity index (χ1n) is 8.87. The first-order chi connectivity index (χ1) is 11.8. The van der Waals surface area contributed by atoms with E-state index in [0.717, 1.165) is 41.3 Å². The molecule has 6 heteroatoms. The molecule has 2 aliphatic carbocycles. The van der Waals surface area contributed by atoms with Crippen LogP contribution >= 0.6 is 15.9 Å². The average Bonchev–Trinajstić information content (AvgIpc) is 3.13. The summed E-state index contributed by atoms with van der Waals surface area (Å²) in [6.45, 7) is 3.45. The lowest BCUT2D eigenvalue weighted by atomic mass is 9.69. The second kappa shape index (κ2) is 4.86. The Morgan fingerprint density at radius 2 is 2.12 bits per heavy atom. The molecule has 0 unspecified atom stereocenters. The average molecular weight is 405 g/mol. The molecule has 5 nitrogen and oxygen atoms in total. The highest BCUT2D eigenvalue weighted by Gasteiger charge is 2.60. The number of carbonyl (C=O) groups is 2. The van der Waals surface area contributed by atoms with Crippen molar-refractivity contribution in [2.24, 2.45) is 0 Å². The number of halogens is 1. The molecule has 4 fully saturated rings. The molecule has 2 bridgehead atoms. The van der Waals surface area contributed by atoms with Crippen molar-refractivity contribution in [1.29, 1.82) is 0 Å². The molecule has 2 saturated heterocycles. The second-order valence-electron chi connectivity index (χ2n) is 8.55. The van der Waals surface area contributed by atoms with Crippen molar-refractivity contribution in [3.63, 3.8) is 0 Å². The molecule has 132 valence electrons. The number of nitrogens with one attached hydrogen (secondary N) is 1. The Balaban J connectivity index is 1.33. The van der Waals surface area contributed by atoms with E-state index >= 15 is 0 Å². The van der Waals surface area contributed by atoms with Crippen LogP contribution in [0.3, 0.4) is 0 Å². The highest BCUT2D eigenvalue weighted by Crippen LogP contribution is 2.53. The number of carbonyl (C=O) groups excluding carboxylic acids is 2. The van der Waals surface area contributed by atoms with Crippen LogP contribution in [0.5, 0.6) is 0 Å². The van der Waals surface area contributed by atoms with Gasteiger partial charge in [-0.05, 0) is 43.5 Å². The van der Waals surface area contributed by atoms with Gasteiger partial charge in [0, 0.05) is 34.8 Å². The maximum absolute atomic E-state index is 12.9. The molecule has 2 amide bonds. The third-order valence-corrected chi connectivity index (χ3v) is 6.77. The van der Waals surface area contributed by atoms with Gasteiger partial charge in [-0.2, -0.15) is 0 Å². The van der Waals surface area contributed by atoms with Gasteiger partial charge >= 0.3 is 0 Å². The van der Waals surface area contributed by atoms with Gasteiger partial charge in [-0.15, -0.1) is 0 Å². The van der Waals surface area contributed by atoms with Crippen molar-refractivity contribution in [3.8, 4) is 0 Å². The predicted molar refractivity (Wildman–Crippen MR) is 95.4 cm³/mol. The molecule has 0 radical (unpaired) electrons. The van der Waals surface area contributed by atoms with Gasteiger partial charge in [-0.1, -0.05) is 15.9 Å². The van der Waals surface area contributed by atoms with Crippen LogP contribution in [0.1, 0.15) is 48.5 Å². The molecular weight excluding hydrogens is 384 g/mol. The third-order valence-electron chi connectivity index (χ3n) is 6.28. The lowest BCUT2D eigenvalue weighted by molar-refractivity contribution is -0.124. The summed E-state index contributed by atoms with van der Waals surface area (Å²) in [5.41, 5.74) is 1.68. The quantitative estimate of drug-likeness (QED) is 0.840. The number of benzene rings is 1. The van der Waals surface area contributed by atoms with E-state index < -0.39 is 0 Å². The van der Waals surface area contributed by atoms with E-state index in [1.807, 2.05) is 12.1 Å². The molecule has 1 spiro atoms. The maximum atomic E-state index is 12.9. The third kappa shape index (κ3) is 2.37. The van der Waals surface area contributed by atoms with Gasteiger partial charge in [0.15, 0.2) is 0 Å². The zero-order valence-corrected chi connectivity index (χ0v) is 15.8. The van der Waals surface area contributed by atoms with Gasteiger partial charge in [0.2, 0.25) is 5.91 Å². The predicted octanol–water partition coefficient (Wildman–Crippen LogP) is 2.37. The zero-order valence-electron chi connectivity index (χ0n) is 14.2. The Labute approximate surface area is 155 Å². The van der Waals surface area contributed by atoms with Gasteiger partial charge in [0.1, 0.15) is 0 Å². The molecule has 0 aromatic heterocycles. The number of hydrogen-bond acceptors (Lipinski definition) is 3. The van der Waals surface area contributed by atoms with Gasteiger partial charge in [0.25, 0.3) is 5.91 Å². The highest BCUT2D eigenvalue weighted by atomic mass is 79.9. The van der Waals surface area contributed by atoms with Crippen LogP contribution in [0, 0.1) is 0 Å². The molecule has 25 heavy (non-hydrogen) atoms. The summed E-state index contributed by atoms with van der Waals surface area (Å²) >= 11 is 3.51. The summed E-state index contributed by atoms with van der Waals surface area (Å²) in [6.07, 6.45) is 3.91. The molecule has 1 aromatic carbocycles. The molecule has 5 aliphatic rings. The van der Waals surface area contributed by atoms with Crippen LogP contribution < -0.4 is 5.32 Å². The van der Waals surface area contributed by atoms with Crippen molar-refractivity contribution in [3.05, 3.63) is 33.8 Å². The highest BCUT2D eigenvalue weighted by molar-refractivity contribution is 9.10. The SMILES string of the molecule is CC12CC(NC(=O)CN3CC4(CC4)c4cc(Br)ccc4C3=O)(CO1)C2. The lowest BCUT2D eigenvalue weighted by Gasteiger charge is -2.43. The standard InChI is InChI=1S/C19H21BrN2O3/c1-17-8-19(9-17,11-25-17)21-15(23)7-22-10-18(4-5-18)14-6-12(20)2-3-13(14)16(22)24/h2-3,6H,4-5,7-11H2,1H3,(H,21,23). The molecule has 2 saturated carbocycles. The van der Waals surface area contributed by atoms with Gasteiger partial charge < -0.3 is 15.0 Å². The first-order valence-corrected chi connectivity index (χ1v) is 9.66. The van der Waals surface area contributed by atoms with Gasteiger partial charge in [-0.25, -0.2) is 0 Å². The van der Waals surface area contributed by atoms with Gasteiger partial charge in [0.05, 0.1) is 24.3 Å². The van der Waals surface area contributed by atoms with Crippen molar-refractivity contribution >= 4 is 27.7 Å². The second-order valence-corrected chi connectivity index (χ2v) is 9.47. The van der Waals surface area contributed by atoms with Crippen molar-refractivity contribution in [1.82, 2.24) is 10.2 Å². The number of fused-ring (bicyclic) bond motifs is 3. The minimum atomic E-state index is -0.204. The fourth-order valence-electron chi connectivity index (χ4n) is 5.07. The van der Waals surface area contributed by atoms with Crippen LogP contribution in [-0.4, -0.2) is 47.6 Å². The fraction of sp³-hybridized carbons (Fsp3) is 0.579. The molecule has 0 atom stereocenters. The minimum Gasteiger partial charge on any atom is -0.373 e. The van der Waals surface area contributed by atoms with E-state index in [0.29, 0.717) is 13.2 Å². The van der Waals surface area contributed by atoms with Crippen LogP contribution in [0.4, 0.5) is 0 Å². The number of hydrogen-bond donors (Lipinski definition) is 1. The first kappa shape index (κ1) is 15.8. The smallest absolute Gasteiger partial charge is 0.254 e. The Kier molecular flexibility index (Phi) is 3.07. The Morgan fingerprint density at radius 3 is 2.76 bits per heavy atom. The van der Waals surface area contributed by atoms with E-state index in [1.165, 1.54) is 0 Å². The molecular formula is C19H21BrN2O3. The summed E-state index contributed by atoms with van der Waals surface area (Å²) in [5.74, 6) is -0.106. The van der Waals surface area contributed by atoms with Crippen LogP contribution in [0.2, 0.25) is 0 Å². The van der Waals surface area contributed by atoms with Crippen molar-refractivity contribution < 1.29 is 14.3 Å². The minimum absolute atomic E-state index is 0.0335.